The topological polar surface area (TPSA) is 58.6 Å². The molecule has 0 aliphatic carbocycles. The van der Waals surface area contributed by atoms with Gasteiger partial charge in [0.1, 0.15) is 0 Å². The van der Waals surface area contributed by atoms with Crippen LogP contribution in [0.5, 0.6) is 0 Å². The van der Waals surface area contributed by atoms with Crippen LogP contribution in [-0.4, -0.2) is 26.2 Å². The van der Waals surface area contributed by atoms with Gasteiger partial charge in [0.2, 0.25) is 5.16 Å². The van der Waals surface area contributed by atoms with Crippen LogP contribution in [0.4, 0.5) is 0 Å². The van der Waals surface area contributed by atoms with Gasteiger partial charge in [-0.2, -0.15) is 0 Å². The number of ketones is 1. The first-order chi connectivity index (χ1) is 12.3. The van der Waals surface area contributed by atoms with Crippen LogP contribution in [0.1, 0.15) is 43.6 Å². The van der Waals surface area contributed by atoms with Crippen molar-refractivity contribution in [2.24, 2.45) is 0 Å². The first-order valence-electron chi connectivity index (χ1n) is 8.64. The van der Waals surface area contributed by atoms with Crippen molar-refractivity contribution >= 4 is 17.5 Å². The van der Waals surface area contributed by atoms with Crippen LogP contribution in [0.15, 0.2) is 59.8 Å². The van der Waals surface area contributed by atoms with E-state index in [-0.39, 0.29) is 16.4 Å². The highest BCUT2D eigenvalue weighted by Crippen LogP contribution is 2.26. The van der Waals surface area contributed by atoms with Crippen molar-refractivity contribution in [1.29, 1.82) is 0 Å². The summed E-state index contributed by atoms with van der Waals surface area (Å²) in [6.07, 6.45) is 0. The van der Waals surface area contributed by atoms with Crippen LogP contribution >= 0.6 is 11.8 Å². The van der Waals surface area contributed by atoms with Gasteiger partial charge in [0, 0.05) is 11.1 Å². The molecule has 1 aromatic heterocycles. The molecule has 3 rings (SSSR count). The molecule has 0 saturated heterocycles. The van der Waals surface area contributed by atoms with Gasteiger partial charge in [0.25, 0.3) is 0 Å². The molecule has 0 radical (unpaired) electrons. The number of H-pyrrole nitrogens is 1. The maximum Gasteiger partial charge on any atom is 0.209 e. The summed E-state index contributed by atoms with van der Waals surface area (Å²) in [7, 11) is 0. The third-order valence-electron chi connectivity index (χ3n) is 4.20. The molecule has 0 aliphatic heterocycles. The lowest BCUT2D eigenvalue weighted by atomic mass is 9.86. The Kier molecular flexibility index (Phi) is 5.28. The number of aromatic nitrogens is 3. The molecule has 5 heteroatoms. The molecule has 0 spiro atoms. The Morgan fingerprint density at radius 1 is 1.04 bits per heavy atom. The number of hydrogen-bond acceptors (Lipinski definition) is 4. The fraction of sp³-hybridized carbons (Fsp3) is 0.286. The Labute approximate surface area is 158 Å². The number of benzene rings is 2. The van der Waals surface area contributed by atoms with E-state index in [1.807, 2.05) is 61.5 Å². The summed E-state index contributed by atoms with van der Waals surface area (Å²) in [5.74, 6) is 0.795. The molecule has 0 amide bonds. The molecule has 3 aromatic rings. The summed E-state index contributed by atoms with van der Waals surface area (Å²) in [5, 5.41) is 7.49. The SMILES string of the molecule is C[C@@H](Sc1n[nH]c(-c2ccccc2)n1)C(=O)c1ccc(C(C)(C)C)cc1. The highest BCUT2D eigenvalue weighted by Gasteiger charge is 2.20. The van der Waals surface area contributed by atoms with Crippen LogP contribution in [0.25, 0.3) is 11.4 Å². The lowest BCUT2D eigenvalue weighted by Crippen LogP contribution is -2.15. The van der Waals surface area contributed by atoms with E-state index in [0.717, 1.165) is 11.1 Å². The van der Waals surface area contributed by atoms with E-state index in [0.29, 0.717) is 11.0 Å². The van der Waals surface area contributed by atoms with Crippen LogP contribution in [-0.2, 0) is 5.41 Å². The number of carbonyl (C=O) groups is 1. The minimum absolute atomic E-state index is 0.0781. The minimum atomic E-state index is -0.255. The standard InChI is InChI=1S/C21H23N3OS/c1-14(18(25)15-10-12-17(13-11-15)21(2,3)4)26-20-22-19(23-24-20)16-8-6-5-7-9-16/h5-14H,1-4H3,(H,22,23,24)/t14-/m1/s1. The normalized spacial score (nSPS) is 12.8. The first kappa shape index (κ1) is 18.4. The zero-order valence-electron chi connectivity index (χ0n) is 15.5. The average Bonchev–Trinajstić information content (AvgIpc) is 3.09. The maximum absolute atomic E-state index is 12.7. The average molecular weight is 366 g/mol. The lowest BCUT2D eigenvalue weighted by Gasteiger charge is -2.19. The zero-order chi connectivity index (χ0) is 18.7. The second-order valence-corrected chi connectivity index (χ2v) is 8.59. The van der Waals surface area contributed by atoms with E-state index in [4.69, 9.17) is 0 Å². The van der Waals surface area contributed by atoms with Crippen molar-refractivity contribution in [1.82, 2.24) is 15.2 Å². The monoisotopic (exact) mass is 365 g/mol. The molecule has 0 saturated carbocycles. The van der Waals surface area contributed by atoms with Crippen molar-refractivity contribution < 1.29 is 4.79 Å². The van der Waals surface area contributed by atoms with Gasteiger partial charge < -0.3 is 0 Å². The summed E-state index contributed by atoms with van der Waals surface area (Å²) in [5.41, 5.74) is 2.99. The Hall–Kier alpha value is -2.40. The lowest BCUT2D eigenvalue weighted by molar-refractivity contribution is 0.0994. The van der Waals surface area contributed by atoms with E-state index < -0.39 is 0 Å². The van der Waals surface area contributed by atoms with Crippen molar-refractivity contribution in [3.63, 3.8) is 0 Å². The fourth-order valence-electron chi connectivity index (χ4n) is 2.61. The van der Waals surface area contributed by atoms with Crippen LogP contribution < -0.4 is 0 Å². The van der Waals surface area contributed by atoms with Crippen LogP contribution in [0.2, 0.25) is 0 Å². The molecule has 0 fully saturated rings. The summed E-state index contributed by atoms with van der Waals surface area (Å²) < 4.78 is 0. The summed E-state index contributed by atoms with van der Waals surface area (Å²) >= 11 is 1.37. The van der Waals surface area contributed by atoms with Gasteiger partial charge in [-0.3, -0.25) is 9.89 Å². The Morgan fingerprint density at radius 2 is 1.69 bits per heavy atom. The molecule has 0 aliphatic rings. The molecule has 0 unspecified atom stereocenters. The van der Waals surface area contributed by atoms with Crippen molar-refractivity contribution in [3.8, 4) is 11.4 Å². The van der Waals surface area contributed by atoms with Crippen molar-refractivity contribution in [2.75, 3.05) is 0 Å². The maximum atomic E-state index is 12.7. The Balaban J connectivity index is 1.69. The third kappa shape index (κ3) is 4.22. The van der Waals surface area contributed by atoms with E-state index in [2.05, 4.69) is 36.0 Å². The number of carbonyl (C=O) groups excluding carboxylic acids is 1. The Morgan fingerprint density at radius 3 is 2.31 bits per heavy atom. The molecular weight excluding hydrogens is 342 g/mol. The highest BCUT2D eigenvalue weighted by atomic mass is 32.2. The molecule has 26 heavy (non-hydrogen) atoms. The third-order valence-corrected chi connectivity index (χ3v) is 5.16. The van der Waals surface area contributed by atoms with E-state index in [1.165, 1.54) is 17.3 Å². The molecule has 134 valence electrons. The largest absolute Gasteiger partial charge is 0.293 e. The summed E-state index contributed by atoms with van der Waals surface area (Å²) in [4.78, 5) is 17.2. The van der Waals surface area contributed by atoms with Gasteiger partial charge >= 0.3 is 0 Å². The van der Waals surface area contributed by atoms with Gasteiger partial charge in [0.15, 0.2) is 11.6 Å². The molecule has 1 heterocycles. The van der Waals surface area contributed by atoms with Crippen LogP contribution in [0, 0.1) is 0 Å². The molecule has 1 atom stereocenters. The van der Waals surface area contributed by atoms with E-state index in [1.54, 1.807) is 0 Å². The van der Waals surface area contributed by atoms with Crippen molar-refractivity contribution in [2.45, 2.75) is 43.5 Å². The number of hydrogen-bond donors (Lipinski definition) is 1. The fourth-order valence-corrected chi connectivity index (χ4v) is 3.41. The van der Waals surface area contributed by atoms with Gasteiger partial charge in [-0.1, -0.05) is 87.1 Å². The smallest absolute Gasteiger partial charge is 0.209 e. The Bertz CT molecular complexity index is 880. The number of aromatic amines is 1. The van der Waals surface area contributed by atoms with Gasteiger partial charge in [-0.25, -0.2) is 4.98 Å². The molecular formula is C21H23N3OS. The van der Waals surface area contributed by atoms with Crippen LogP contribution in [0.3, 0.4) is 0 Å². The summed E-state index contributed by atoms with van der Waals surface area (Å²) in [6, 6.07) is 17.7. The number of nitrogens with one attached hydrogen (secondary N) is 1. The van der Waals surface area contributed by atoms with Gasteiger partial charge in [0.05, 0.1) is 5.25 Å². The second-order valence-electron chi connectivity index (χ2n) is 7.28. The molecule has 2 aromatic carbocycles. The summed E-state index contributed by atoms with van der Waals surface area (Å²) in [6.45, 7) is 8.38. The molecule has 4 nitrogen and oxygen atoms in total. The van der Waals surface area contributed by atoms with Crippen molar-refractivity contribution in [3.05, 3.63) is 65.7 Å². The molecule has 1 N–H and O–H groups in total. The van der Waals surface area contributed by atoms with E-state index in [9.17, 15) is 4.79 Å². The predicted octanol–water partition coefficient (Wildman–Crippen LogP) is 5.13. The number of Topliss-reactive ketones (excluding diaryl/α,β-unsaturated/α-hetero) is 1. The number of rotatable bonds is 5. The zero-order valence-corrected chi connectivity index (χ0v) is 16.3. The number of nitrogens with zero attached hydrogens (tertiary/aromatic N) is 2. The highest BCUT2D eigenvalue weighted by molar-refractivity contribution is 8.00. The molecule has 0 bridgehead atoms. The number of thioether (sulfide) groups is 1. The quantitative estimate of drug-likeness (QED) is 0.503. The van der Waals surface area contributed by atoms with Gasteiger partial charge in [-0.05, 0) is 17.9 Å². The second kappa shape index (κ2) is 7.46. The van der Waals surface area contributed by atoms with E-state index >= 15 is 0 Å². The van der Waals surface area contributed by atoms with Gasteiger partial charge in [-0.15, -0.1) is 5.10 Å². The first-order valence-corrected chi connectivity index (χ1v) is 9.52. The predicted molar refractivity (Wildman–Crippen MR) is 107 cm³/mol. The minimum Gasteiger partial charge on any atom is -0.293 e.